The minimum Gasteiger partial charge on any atom is -0.372 e. The van der Waals surface area contributed by atoms with Crippen LogP contribution < -0.4 is 4.81 Å². The molecular formula is C17H23BN2. The maximum atomic E-state index is 4.57. The van der Waals surface area contributed by atoms with Crippen LogP contribution in [0.3, 0.4) is 0 Å². The summed E-state index contributed by atoms with van der Waals surface area (Å²) in [5, 5.41) is 0. The number of nitrogens with zero attached hydrogens (tertiary/aromatic N) is 2. The van der Waals surface area contributed by atoms with Gasteiger partial charge in [0.25, 0.3) is 6.85 Å². The summed E-state index contributed by atoms with van der Waals surface area (Å²) in [5.41, 5.74) is 1.23. The van der Waals surface area contributed by atoms with Gasteiger partial charge in [-0.25, -0.2) is 4.98 Å². The van der Waals surface area contributed by atoms with Crippen LogP contribution in [0.1, 0.15) is 26.7 Å². The molecule has 2 nitrogen and oxygen atoms in total. The van der Waals surface area contributed by atoms with Gasteiger partial charge >= 0.3 is 0 Å². The largest absolute Gasteiger partial charge is 0.372 e. The van der Waals surface area contributed by atoms with Crippen LogP contribution in [0.4, 0.5) is 11.5 Å². The number of rotatable bonds is 7. The molecule has 0 unspecified atom stereocenters. The molecule has 0 bridgehead atoms. The summed E-state index contributed by atoms with van der Waals surface area (Å²) in [4.78, 5) is 6.96. The molecule has 0 saturated carbocycles. The van der Waals surface area contributed by atoms with Crippen LogP contribution in [0.15, 0.2) is 54.7 Å². The van der Waals surface area contributed by atoms with E-state index in [1.807, 2.05) is 12.3 Å². The highest BCUT2D eigenvalue weighted by molar-refractivity contribution is 6.64. The number of hydrogen-bond acceptors (Lipinski definition) is 2. The van der Waals surface area contributed by atoms with E-state index in [2.05, 4.69) is 66.1 Å². The van der Waals surface area contributed by atoms with Gasteiger partial charge in [-0.2, -0.15) is 0 Å². The first kappa shape index (κ1) is 14.6. The second-order valence-electron chi connectivity index (χ2n) is 5.12. The van der Waals surface area contributed by atoms with Crippen LogP contribution in [0.25, 0.3) is 0 Å². The van der Waals surface area contributed by atoms with Crippen molar-refractivity contribution in [2.75, 3.05) is 4.81 Å². The monoisotopic (exact) mass is 266 g/mol. The Morgan fingerprint density at radius 3 is 2.10 bits per heavy atom. The van der Waals surface area contributed by atoms with Gasteiger partial charge in [0.1, 0.15) is 5.82 Å². The minimum atomic E-state index is 0.516. The van der Waals surface area contributed by atoms with Crippen molar-refractivity contribution in [2.24, 2.45) is 0 Å². The van der Waals surface area contributed by atoms with Crippen molar-refractivity contribution >= 4 is 18.4 Å². The third-order valence-electron chi connectivity index (χ3n) is 3.54. The van der Waals surface area contributed by atoms with Gasteiger partial charge in [0, 0.05) is 11.9 Å². The topological polar surface area (TPSA) is 16.1 Å². The van der Waals surface area contributed by atoms with Crippen LogP contribution >= 0.6 is 0 Å². The first-order valence-corrected chi connectivity index (χ1v) is 7.62. The van der Waals surface area contributed by atoms with Crippen molar-refractivity contribution in [3.8, 4) is 0 Å². The molecule has 3 heteroatoms. The van der Waals surface area contributed by atoms with E-state index in [0.29, 0.717) is 6.85 Å². The summed E-state index contributed by atoms with van der Waals surface area (Å²) in [6, 6.07) is 16.7. The second kappa shape index (κ2) is 7.73. The normalized spacial score (nSPS) is 10.3. The highest BCUT2D eigenvalue weighted by atomic mass is 15.1. The first-order valence-electron chi connectivity index (χ1n) is 7.62. The fourth-order valence-corrected chi connectivity index (χ4v) is 2.68. The number of hydrogen-bond donors (Lipinski definition) is 0. The van der Waals surface area contributed by atoms with Crippen LogP contribution in [0.2, 0.25) is 12.6 Å². The smallest absolute Gasteiger partial charge is 0.262 e. The molecule has 0 aliphatic rings. The van der Waals surface area contributed by atoms with E-state index in [4.69, 9.17) is 0 Å². The number of pyridine rings is 1. The highest BCUT2D eigenvalue weighted by Gasteiger charge is 2.24. The molecule has 0 spiro atoms. The Morgan fingerprint density at radius 2 is 1.55 bits per heavy atom. The lowest BCUT2D eigenvalue weighted by atomic mass is 9.53. The number of anilines is 2. The van der Waals surface area contributed by atoms with Gasteiger partial charge in [0.05, 0.1) is 0 Å². The van der Waals surface area contributed by atoms with Gasteiger partial charge in [-0.05, 0) is 24.3 Å². The minimum absolute atomic E-state index is 0.516. The third kappa shape index (κ3) is 3.63. The van der Waals surface area contributed by atoms with Crippen molar-refractivity contribution in [2.45, 2.75) is 39.3 Å². The van der Waals surface area contributed by atoms with Crippen molar-refractivity contribution in [1.82, 2.24) is 4.98 Å². The standard InChI is InChI=1S/C17H23BN2/c1-3-13-18(14-4-2)20(16-10-6-5-7-11-16)17-12-8-9-15-19-17/h5-12,15H,3-4,13-14H2,1-2H3. The third-order valence-corrected chi connectivity index (χ3v) is 3.54. The molecule has 104 valence electrons. The van der Waals surface area contributed by atoms with E-state index in [1.54, 1.807) is 0 Å². The molecule has 2 aromatic rings. The van der Waals surface area contributed by atoms with Gasteiger partial charge in [-0.3, -0.25) is 0 Å². The Kier molecular flexibility index (Phi) is 5.66. The van der Waals surface area contributed by atoms with E-state index in [0.717, 1.165) is 5.82 Å². The summed E-state index contributed by atoms with van der Waals surface area (Å²) in [5.74, 6) is 1.05. The molecule has 0 amide bonds. The molecule has 0 fully saturated rings. The maximum Gasteiger partial charge on any atom is 0.262 e. The van der Waals surface area contributed by atoms with Gasteiger partial charge in [0.15, 0.2) is 0 Å². The van der Waals surface area contributed by atoms with Crippen LogP contribution in [-0.2, 0) is 0 Å². The highest BCUT2D eigenvalue weighted by Crippen LogP contribution is 2.28. The predicted molar refractivity (Wildman–Crippen MR) is 88.8 cm³/mol. The van der Waals surface area contributed by atoms with E-state index >= 15 is 0 Å². The van der Waals surface area contributed by atoms with E-state index in [1.165, 1.54) is 31.2 Å². The lowest BCUT2D eigenvalue weighted by molar-refractivity contribution is 0.986. The molecule has 2 rings (SSSR count). The molecule has 0 aliphatic heterocycles. The maximum absolute atomic E-state index is 4.57. The summed E-state index contributed by atoms with van der Waals surface area (Å²) < 4.78 is 0. The molecule has 0 saturated heterocycles. The zero-order valence-corrected chi connectivity index (χ0v) is 12.5. The molecule has 0 aliphatic carbocycles. The summed E-state index contributed by atoms with van der Waals surface area (Å²) in [6.45, 7) is 5.02. The fourth-order valence-electron chi connectivity index (χ4n) is 2.68. The Morgan fingerprint density at radius 1 is 0.900 bits per heavy atom. The van der Waals surface area contributed by atoms with Crippen molar-refractivity contribution < 1.29 is 0 Å². The summed E-state index contributed by atoms with van der Waals surface area (Å²) in [6.07, 6.45) is 6.65. The van der Waals surface area contributed by atoms with Gasteiger partial charge in [-0.15, -0.1) is 0 Å². The number of benzene rings is 1. The van der Waals surface area contributed by atoms with Gasteiger partial charge < -0.3 is 4.81 Å². The van der Waals surface area contributed by atoms with Crippen molar-refractivity contribution in [3.63, 3.8) is 0 Å². The Labute approximate surface area is 123 Å². The fraction of sp³-hybridized carbons (Fsp3) is 0.353. The number of aromatic nitrogens is 1. The molecule has 1 heterocycles. The van der Waals surface area contributed by atoms with Gasteiger partial charge in [0.2, 0.25) is 0 Å². The molecule has 1 aromatic carbocycles. The van der Waals surface area contributed by atoms with E-state index in [-0.39, 0.29) is 0 Å². The molecule has 0 N–H and O–H groups in total. The predicted octanol–water partition coefficient (Wildman–Crippen LogP) is 5.03. The SMILES string of the molecule is CCCB(CCC)N(c1ccccc1)c1ccccn1. The Bertz CT molecular complexity index is 441. The average molecular weight is 266 g/mol. The molecule has 0 radical (unpaired) electrons. The van der Waals surface area contributed by atoms with Crippen molar-refractivity contribution in [1.29, 1.82) is 0 Å². The Balaban J connectivity index is 2.38. The molecule has 1 aromatic heterocycles. The van der Waals surface area contributed by atoms with E-state index in [9.17, 15) is 0 Å². The zero-order chi connectivity index (χ0) is 14.2. The number of para-hydroxylation sites is 1. The average Bonchev–Trinajstić information content (AvgIpc) is 2.50. The molecule has 0 atom stereocenters. The first-order chi connectivity index (χ1) is 9.86. The molecular weight excluding hydrogens is 243 g/mol. The van der Waals surface area contributed by atoms with Crippen LogP contribution in [0, 0.1) is 0 Å². The second-order valence-corrected chi connectivity index (χ2v) is 5.12. The summed E-state index contributed by atoms with van der Waals surface area (Å²) in [7, 11) is 0. The lowest BCUT2D eigenvalue weighted by Gasteiger charge is -2.30. The Hall–Kier alpha value is -1.77. The van der Waals surface area contributed by atoms with Crippen molar-refractivity contribution in [3.05, 3.63) is 54.7 Å². The van der Waals surface area contributed by atoms with Crippen LogP contribution in [-0.4, -0.2) is 11.8 Å². The quantitative estimate of drug-likeness (QED) is 0.653. The van der Waals surface area contributed by atoms with E-state index < -0.39 is 0 Å². The van der Waals surface area contributed by atoms with Crippen LogP contribution in [0.5, 0.6) is 0 Å². The zero-order valence-electron chi connectivity index (χ0n) is 12.5. The summed E-state index contributed by atoms with van der Waals surface area (Å²) >= 11 is 0. The van der Waals surface area contributed by atoms with Gasteiger partial charge in [-0.1, -0.05) is 63.6 Å². The lowest BCUT2D eigenvalue weighted by Crippen LogP contribution is -2.35. The molecule has 20 heavy (non-hydrogen) atoms.